The van der Waals surface area contributed by atoms with Gasteiger partial charge in [-0.2, -0.15) is 4.98 Å². The summed E-state index contributed by atoms with van der Waals surface area (Å²) in [7, 11) is -3.69. The van der Waals surface area contributed by atoms with Crippen LogP contribution in [0.3, 0.4) is 0 Å². The smallest absolute Gasteiger partial charge is 0.342 e. The number of unbranched alkanes of at least 4 members (excludes halogenated alkanes) is 2. The summed E-state index contributed by atoms with van der Waals surface area (Å²) in [5.41, 5.74) is 5.63. The molecule has 194 valence electrons. The lowest BCUT2D eigenvalue weighted by molar-refractivity contribution is -0.147. The molecule has 35 heavy (non-hydrogen) atoms. The Bertz CT molecular complexity index is 947. The summed E-state index contributed by atoms with van der Waals surface area (Å²) in [6.45, 7) is 7.94. The fourth-order valence-corrected chi connectivity index (χ4v) is 4.85. The van der Waals surface area contributed by atoms with Crippen LogP contribution in [0.1, 0.15) is 47.0 Å². The largest absolute Gasteiger partial charge is 0.465 e. The SMILES string of the molecule is CCCCCOC(=O)[C@@H](NP(=O)(CO[C@@H](C)COc1nccc(N)n1)Oc1ccccc1)C(C)C. The van der Waals surface area contributed by atoms with E-state index in [1.807, 2.05) is 19.9 Å². The molecule has 2 aromatic rings. The highest BCUT2D eigenvalue weighted by Gasteiger charge is 2.35. The lowest BCUT2D eigenvalue weighted by atomic mass is 10.1. The number of ether oxygens (including phenoxy) is 3. The molecule has 0 aliphatic heterocycles. The molecule has 10 nitrogen and oxygen atoms in total. The van der Waals surface area contributed by atoms with Gasteiger partial charge >= 0.3 is 19.5 Å². The van der Waals surface area contributed by atoms with Crippen LogP contribution in [0.2, 0.25) is 0 Å². The Morgan fingerprint density at radius 2 is 1.89 bits per heavy atom. The second kappa shape index (κ2) is 14.7. The Morgan fingerprint density at radius 3 is 2.54 bits per heavy atom. The van der Waals surface area contributed by atoms with Crippen molar-refractivity contribution in [2.24, 2.45) is 5.92 Å². The van der Waals surface area contributed by atoms with Gasteiger partial charge in [-0.05, 0) is 37.5 Å². The Labute approximate surface area is 207 Å². The van der Waals surface area contributed by atoms with Crippen LogP contribution in [0.4, 0.5) is 5.82 Å². The number of nitrogen functional groups attached to an aromatic ring is 1. The van der Waals surface area contributed by atoms with Crippen molar-refractivity contribution in [2.45, 2.75) is 59.1 Å². The highest BCUT2D eigenvalue weighted by Crippen LogP contribution is 2.44. The van der Waals surface area contributed by atoms with Gasteiger partial charge in [0.2, 0.25) is 0 Å². The molecule has 0 amide bonds. The number of nitrogens with two attached hydrogens (primary N) is 1. The maximum atomic E-state index is 13.9. The maximum Gasteiger partial charge on any atom is 0.342 e. The van der Waals surface area contributed by atoms with E-state index in [0.29, 0.717) is 12.4 Å². The van der Waals surface area contributed by atoms with Gasteiger partial charge in [0.25, 0.3) is 0 Å². The van der Waals surface area contributed by atoms with Gasteiger partial charge in [0.05, 0.1) is 12.7 Å². The van der Waals surface area contributed by atoms with Gasteiger partial charge in [-0.1, -0.05) is 51.8 Å². The number of anilines is 1. The van der Waals surface area contributed by atoms with E-state index < -0.39 is 25.6 Å². The van der Waals surface area contributed by atoms with Crippen LogP contribution >= 0.6 is 7.52 Å². The van der Waals surface area contributed by atoms with Crippen molar-refractivity contribution in [1.82, 2.24) is 15.1 Å². The molecule has 3 N–H and O–H groups in total. The average molecular weight is 509 g/mol. The number of esters is 1. The zero-order chi connectivity index (χ0) is 25.7. The van der Waals surface area contributed by atoms with E-state index in [-0.39, 0.29) is 30.7 Å². The van der Waals surface area contributed by atoms with E-state index >= 15 is 0 Å². The average Bonchev–Trinajstić information content (AvgIpc) is 2.83. The Hall–Kier alpha value is -2.68. The zero-order valence-electron chi connectivity index (χ0n) is 20.9. The predicted molar refractivity (Wildman–Crippen MR) is 134 cm³/mol. The van der Waals surface area contributed by atoms with Crippen molar-refractivity contribution in [3.8, 4) is 11.8 Å². The van der Waals surface area contributed by atoms with Crippen molar-refractivity contribution in [3.63, 3.8) is 0 Å². The highest BCUT2D eigenvalue weighted by molar-refractivity contribution is 7.57. The lowest BCUT2D eigenvalue weighted by Gasteiger charge is -2.28. The van der Waals surface area contributed by atoms with Crippen molar-refractivity contribution in [3.05, 3.63) is 42.6 Å². The molecule has 0 saturated carbocycles. The topological polar surface area (TPSA) is 135 Å². The Balaban J connectivity index is 2.06. The second-order valence-corrected chi connectivity index (χ2v) is 10.5. The molecule has 1 unspecified atom stereocenters. The van der Waals surface area contributed by atoms with Gasteiger partial charge in [-0.25, -0.2) is 10.1 Å². The molecule has 0 fully saturated rings. The molecular weight excluding hydrogens is 471 g/mol. The molecule has 0 spiro atoms. The van der Waals surface area contributed by atoms with Crippen LogP contribution in [0.5, 0.6) is 11.8 Å². The number of aromatic nitrogens is 2. The molecule has 0 bridgehead atoms. The van der Waals surface area contributed by atoms with Crippen LogP contribution in [-0.4, -0.2) is 47.6 Å². The number of hydrogen-bond acceptors (Lipinski definition) is 9. The summed E-state index contributed by atoms with van der Waals surface area (Å²) in [6.07, 6.45) is 3.48. The van der Waals surface area contributed by atoms with Crippen molar-refractivity contribution in [1.29, 1.82) is 0 Å². The van der Waals surface area contributed by atoms with E-state index in [0.717, 1.165) is 19.3 Å². The number of nitrogens with zero attached hydrogens (tertiary/aromatic N) is 2. The summed E-state index contributed by atoms with van der Waals surface area (Å²) in [5.74, 6) is 0.0173. The molecule has 0 radical (unpaired) electrons. The third-order valence-corrected chi connectivity index (χ3v) is 6.54. The molecule has 0 aliphatic carbocycles. The van der Waals surface area contributed by atoms with Gasteiger partial charge in [0.1, 0.15) is 30.6 Å². The minimum Gasteiger partial charge on any atom is -0.465 e. The molecule has 1 aromatic heterocycles. The highest BCUT2D eigenvalue weighted by atomic mass is 31.2. The fourth-order valence-electron chi connectivity index (χ4n) is 2.93. The maximum absolute atomic E-state index is 13.9. The van der Waals surface area contributed by atoms with Crippen molar-refractivity contribution >= 4 is 19.3 Å². The van der Waals surface area contributed by atoms with Crippen molar-refractivity contribution < 1.29 is 28.1 Å². The summed E-state index contributed by atoms with van der Waals surface area (Å²) in [5, 5.41) is 2.91. The minimum absolute atomic E-state index is 0.0991. The molecule has 1 aromatic carbocycles. The summed E-state index contributed by atoms with van der Waals surface area (Å²) in [6, 6.07) is 9.57. The molecule has 0 saturated heterocycles. The molecule has 1 heterocycles. The Kier molecular flexibility index (Phi) is 12.0. The number of nitrogens with one attached hydrogen (secondary N) is 1. The van der Waals surface area contributed by atoms with Gasteiger partial charge in [0.15, 0.2) is 0 Å². The number of hydrogen-bond donors (Lipinski definition) is 2. The molecular formula is C24H37N4O6P. The minimum atomic E-state index is -3.69. The number of benzene rings is 1. The zero-order valence-corrected chi connectivity index (χ0v) is 21.8. The van der Waals surface area contributed by atoms with Crippen LogP contribution in [-0.2, 0) is 18.8 Å². The lowest BCUT2D eigenvalue weighted by Crippen LogP contribution is -2.42. The molecule has 0 aliphatic rings. The normalized spacial score (nSPS) is 14.7. The van der Waals surface area contributed by atoms with Gasteiger partial charge in [-0.15, -0.1) is 0 Å². The van der Waals surface area contributed by atoms with Gasteiger partial charge < -0.3 is 24.5 Å². The van der Waals surface area contributed by atoms with Crippen LogP contribution in [0.15, 0.2) is 42.6 Å². The number of carbonyl (C=O) groups excluding carboxylic acids is 1. The molecule has 2 rings (SSSR count). The fraction of sp³-hybridized carbons (Fsp3) is 0.542. The number of para-hydroxylation sites is 1. The summed E-state index contributed by atoms with van der Waals surface area (Å²) in [4.78, 5) is 20.7. The van der Waals surface area contributed by atoms with Gasteiger partial charge in [0, 0.05) is 6.20 Å². The number of carbonyl (C=O) groups is 1. The first-order valence-electron chi connectivity index (χ1n) is 11.8. The van der Waals surface area contributed by atoms with Gasteiger partial charge in [-0.3, -0.25) is 9.36 Å². The van der Waals surface area contributed by atoms with E-state index in [4.69, 9.17) is 24.5 Å². The van der Waals surface area contributed by atoms with Crippen LogP contribution in [0.25, 0.3) is 0 Å². The molecule has 11 heteroatoms. The van der Waals surface area contributed by atoms with Crippen LogP contribution < -0.4 is 20.1 Å². The first kappa shape index (κ1) is 28.6. The van der Waals surface area contributed by atoms with Crippen molar-refractivity contribution in [2.75, 3.05) is 25.3 Å². The third-order valence-electron chi connectivity index (χ3n) is 4.88. The molecule has 3 atom stereocenters. The first-order chi connectivity index (χ1) is 16.7. The van der Waals surface area contributed by atoms with Crippen LogP contribution in [0, 0.1) is 5.92 Å². The first-order valence-corrected chi connectivity index (χ1v) is 13.6. The quantitative estimate of drug-likeness (QED) is 0.191. The summed E-state index contributed by atoms with van der Waals surface area (Å²) < 4.78 is 36.4. The standard InChI is InChI=1S/C24H37N4O6P/c1-5-6-10-15-31-23(29)22(18(2)3)28-35(30,34-20-11-8-7-9-12-20)17-33-19(4)16-32-24-26-14-13-21(25)27-24/h7-9,11-14,18-19,22H,5-6,10,15-17H2,1-4H3,(H,28,30)(H2,25,26,27)/t19-,22-,35?/m0/s1. The van der Waals surface area contributed by atoms with E-state index in [9.17, 15) is 9.36 Å². The monoisotopic (exact) mass is 508 g/mol. The van der Waals surface area contributed by atoms with E-state index in [1.54, 1.807) is 37.3 Å². The third kappa shape index (κ3) is 10.6. The van der Waals surface area contributed by atoms with E-state index in [2.05, 4.69) is 22.0 Å². The predicted octanol–water partition coefficient (Wildman–Crippen LogP) is 4.42. The number of rotatable bonds is 16. The Morgan fingerprint density at radius 1 is 1.14 bits per heavy atom. The summed E-state index contributed by atoms with van der Waals surface area (Å²) >= 11 is 0. The second-order valence-electron chi connectivity index (χ2n) is 8.48. The van der Waals surface area contributed by atoms with E-state index in [1.165, 1.54) is 6.20 Å².